The van der Waals surface area contributed by atoms with E-state index in [0.29, 0.717) is 29.6 Å². The summed E-state index contributed by atoms with van der Waals surface area (Å²) in [6.45, 7) is 0.842. The van der Waals surface area contributed by atoms with Gasteiger partial charge >= 0.3 is 0 Å². The van der Waals surface area contributed by atoms with E-state index in [9.17, 15) is 4.79 Å². The highest BCUT2D eigenvalue weighted by Crippen LogP contribution is 2.29. The molecule has 0 fully saturated rings. The molecule has 1 aliphatic rings. The molecule has 3 rings (SSSR count). The molecule has 0 radical (unpaired) electrons. The van der Waals surface area contributed by atoms with Crippen LogP contribution in [0.2, 0.25) is 10.0 Å². The van der Waals surface area contributed by atoms with Gasteiger partial charge in [-0.15, -0.1) is 0 Å². The molecule has 0 spiro atoms. The summed E-state index contributed by atoms with van der Waals surface area (Å²) < 4.78 is 5.64. The number of carbonyl (C=O) groups excluding carboxylic acids is 1. The first-order chi connectivity index (χ1) is 10.6. The van der Waals surface area contributed by atoms with Crippen LogP contribution >= 0.6 is 23.2 Å². The Morgan fingerprint density at radius 2 is 2.00 bits per heavy atom. The summed E-state index contributed by atoms with van der Waals surface area (Å²) in [7, 11) is 0. The van der Waals surface area contributed by atoms with Crippen LogP contribution in [-0.4, -0.2) is 12.5 Å². The Hall–Kier alpha value is -1.71. The third-order valence-corrected chi connectivity index (χ3v) is 4.13. The first kappa shape index (κ1) is 15.2. The van der Waals surface area contributed by atoms with Crippen LogP contribution in [0.15, 0.2) is 42.5 Å². The Morgan fingerprint density at radius 3 is 2.82 bits per heavy atom. The van der Waals surface area contributed by atoms with Crippen molar-refractivity contribution in [3.63, 3.8) is 0 Å². The van der Waals surface area contributed by atoms with Crippen LogP contribution in [0.1, 0.15) is 11.1 Å². The van der Waals surface area contributed by atoms with Crippen molar-refractivity contribution in [3.05, 3.63) is 63.6 Å². The molecule has 1 unspecified atom stereocenters. The molecule has 22 heavy (non-hydrogen) atoms. The second kappa shape index (κ2) is 6.59. The predicted molar refractivity (Wildman–Crippen MR) is 87.4 cm³/mol. The van der Waals surface area contributed by atoms with Gasteiger partial charge in [-0.2, -0.15) is 0 Å². The summed E-state index contributed by atoms with van der Waals surface area (Å²) in [6.07, 6.45) is 0.636. The molecule has 0 aromatic heterocycles. The van der Waals surface area contributed by atoms with Crippen LogP contribution in [-0.2, 0) is 17.8 Å². The number of hydrogen-bond acceptors (Lipinski definition) is 2. The monoisotopic (exact) mass is 335 g/mol. The van der Waals surface area contributed by atoms with Gasteiger partial charge in [0.1, 0.15) is 12.4 Å². The highest BCUT2D eigenvalue weighted by atomic mass is 35.5. The second-order valence-electron chi connectivity index (χ2n) is 5.31. The fourth-order valence-corrected chi connectivity index (χ4v) is 2.92. The minimum atomic E-state index is -0.204. The molecular weight excluding hydrogens is 321 g/mol. The van der Waals surface area contributed by atoms with Gasteiger partial charge in [0.05, 0.1) is 5.92 Å². The Bertz CT molecular complexity index is 703. The largest absolute Gasteiger partial charge is 0.492 e. The maximum Gasteiger partial charge on any atom is 0.227 e. The Balaban J connectivity index is 1.62. The molecule has 3 nitrogen and oxygen atoms in total. The average Bonchev–Trinajstić information content (AvgIpc) is 2.52. The number of nitrogens with one attached hydrogen (secondary N) is 1. The number of benzene rings is 2. The van der Waals surface area contributed by atoms with Gasteiger partial charge in [0, 0.05) is 16.6 Å². The molecule has 0 bridgehead atoms. The van der Waals surface area contributed by atoms with Crippen molar-refractivity contribution in [1.29, 1.82) is 0 Å². The predicted octanol–water partition coefficient (Wildman–Crippen LogP) is 3.86. The lowest BCUT2D eigenvalue weighted by molar-refractivity contribution is -0.126. The van der Waals surface area contributed by atoms with Crippen LogP contribution in [0, 0.1) is 5.92 Å². The number of amides is 1. The van der Waals surface area contributed by atoms with E-state index in [1.807, 2.05) is 36.4 Å². The summed E-state index contributed by atoms with van der Waals surface area (Å²) >= 11 is 11.9. The molecule has 0 saturated carbocycles. The number of halogens is 2. The van der Waals surface area contributed by atoms with Crippen LogP contribution in [0.5, 0.6) is 5.75 Å². The highest BCUT2D eigenvalue weighted by molar-refractivity contribution is 6.30. The topological polar surface area (TPSA) is 38.3 Å². The lowest BCUT2D eigenvalue weighted by Crippen LogP contribution is -2.37. The van der Waals surface area contributed by atoms with Crippen LogP contribution in [0.25, 0.3) is 0 Å². The van der Waals surface area contributed by atoms with E-state index in [-0.39, 0.29) is 11.8 Å². The van der Waals surface area contributed by atoms with E-state index in [4.69, 9.17) is 27.9 Å². The lowest BCUT2D eigenvalue weighted by atomic mass is 9.96. The maximum absolute atomic E-state index is 12.3. The quantitative estimate of drug-likeness (QED) is 0.924. The summed E-state index contributed by atoms with van der Waals surface area (Å²) in [6, 6.07) is 12.9. The molecular formula is C17H15Cl2NO2. The SMILES string of the molecule is O=C(NCc1cccc(Cl)c1)C1COc2ccc(Cl)cc2C1. The van der Waals surface area contributed by atoms with E-state index < -0.39 is 0 Å². The van der Waals surface area contributed by atoms with Gasteiger partial charge in [-0.1, -0.05) is 35.3 Å². The first-order valence-corrected chi connectivity index (χ1v) is 7.81. The minimum Gasteiger partial charge on any atom is -0.492 e. The maximum atomic E-state index is 12.3. The van der Waals surface area contributed by atoms with Crippen molar-refractivity contribution in [1.82, 2.24) is 5.32 Å². The van der Waals surface area contributed by atoms with Crippen molar-refractivity contribution in [2.45, 2.75) is 13.0 Å². The van der Waals surface area contributed by atoms with Crippen LogP contribution in [0.3, 0.4) is 0 Å². The van der Waals surface area contributed by atoms with Gasteiger partial charge in [-0.3, -0.25) is 4.79 Å². The molecule has 1 N–H and O–H groups in total. The highest BCUT2D eigenvalue weighted by Gasteiger charge is 2.25. The number of carbonyl (C=O) groups is 1. The molecule has 1 atom stereocenters. The van der Waals surface area contributed by atoms with Crippen molar-refractivity contribution in [2.75, 3.05) is 6.61 Å². The molecule has 1 aliphatic heterocycles. The average molecular weight is 336 g/mol. The van der Waals surface area contributed by atoms with E-state index in [0.717, 1.165) is 16.9 Å². The normalized spacial score (nSPS) is 16.5. The lowest BCUT2D eigenvalue weighted by Gasteiger charge is -2.24. The van der Waals surface area contributed by atoms with Gasteiger partial charge in [0.25, 0.3) is 0 Å². The van der Waals surface area contributed by atoms with Crippen LogP contribution in [0.4, 0.5) is 0 Å². The van der Waals surface area contributed by atoms with Gasteiger partial charge < -0.3 is 10.1 Å². The molecule has 0 saturated heterocycles. The summed E-state index contributed by atoms with van der Waals surface area (Å²) in [5, 5.41) is 4.25. The molecule has 0 aliphatic carbocycles. The second-order valence-corrected chi connectivity index (χ2v) is 6.18. The van der Waals surface area contributed by atoms with E-state index >= 15 is 0 Å². The zero-order valence-electron chi connectivity index (χ0n) is 11.8. The van der Waals surface area contributed by atoms with E-state index in [2.05, 4.69) is 5.32 Å². The van der Waals surface area contributed by atoms with Crippen molar-refractivity contribution < 1.29 is 9.53 Å². The number of hydrogen-bond donors (Lipinski definition) is 1. The molecule has 2 aromatic carbocycles. The third kappa shape index (κ3) is 3.54. The Labute approximate surface area is 139 Å². The van der Waals surface area contributed by atoms with Crippen molar-refractivity contribution in [2.24, 2.45) is 5.92 Å². The van der Waals surface area contributed by atoms with Gasteiger partial charge in [0.2, 0.25) is 5.91 Å². The number of ether oxygens (including phenoxy) is 1. The fraction of sp³-hybridized carbons (Fsp3) is 0.235. The first-order valence-electron chi connectivity index (χ1n) is 7.05. The van der Waals surface area contributed by atoms with Gasteiger partial charge in [0.15, 0.2) is 0 Å². The van der Waals surface area contributed by atoms with Crippen molar-refractivity contribution in [3.8, 4) is 5.75 Å². The molecule has 114 valence electrons. The fourth-order valence-electron chi connectivity index (χ4n) is 2.51. The minimum absolute atomic E-state index is 0.0226. The van der Waals surface area contributed by atoms with E-state index in [1.54, 1.807) is 6.07 Å². The summed E-state index contributed by atoms with van der Waals surface area (Å²) in [5.41, 5.74) is 1.95. The zero-order valence-corrected chi connectivity index (χ0v) is 13.3. The third-order valence-electron chi connectivity index (χ3n) is 3.66. The zero-order chi connectivity index (χ0) is 15.5. The summed E-state index contributed by atoms with van der Waals surface area (Å²) in [5.74, 6) is 0.582. The Morgan fingerprint density at radius 1 is 1.18 bits per heavy atom. The molecule has 1 amide bonds. The molecule has 1 heterocycles. The standard InChI is InChI=1S/C17H15Cl2NO2/c18-14-3-1-2-11(6-14)9-20-17(21)13-7-12-8-15(19)4-5-16(12)22-10-13/h1-6,8,13H,7,9-10H2,(H,20,21). The van der Waals surface area contributed by atoms with Gasteiger partial charge in [-0.05, 0) is 47.9 Å². The van der Waals surface area contributed by atoms with Crippen LogP contribution < -0.4 is 10.1 Å². The van der Waals surface area contributed by atoms with Gasteiger partial charge in [-0.25, -0.2) is 0 Å². The smallest absolute Gasteiger partial charge is 0.227 e. The Kier molecular flexibility index (Phi) is 4.55. The number of rotatable bonds is 3. The number of fused-ring (bicyclic) bond motifs is 1. The molecule has 2 aromatic rings. The van der Waals surface area contributed by atoms with E-state index in [1.165, 1.54) is 0 Å². The molecule has 5 heteroatoms. The van der Waals surface area contributed by atoms with Crippen molar-refractivity contribution >= 4 is 29.1 Å². The summed E-state index contributed by atoms with van der Waals surface area (Å²) in [4.78, 5) is 12.3.